The molecule has 1 spiro atoms. The fraction of sp³-hybridized carbons (Fsp3) is 0.545. The molecule has 0 aromatic heterocycles. The molecule has 1 amide bonds. The summed E-state index contributed by atoms with van der Waals surface area (Å²) in [5, 5.41) is 10.5. The van der Waals surface area contributed by atoms with Crippen LogP contribution in [-0.2, 0) is 15.4 Å². The number of amides is 1. The fourth-order valence-corrected chi connectivity index (χ4v) is 8.75. The van der Waals surface area contributed by atoms with Gasteiger partial charge in [0.25, 0.3) is 5.91 Å². The summed E-state index contributed by atoms with van der Waals surface area (Å²) in [6.07, 6.45) is 2.87. The third-order valence-electron chi connectivity index (χ3n) is 10.1. The van der Waals surface area contributed by atoms with Crippen molar-refractivity contribution >= 4 is 33.2 Å². The number of sulfonamides is 1. The van der Waals surface area contributed by atoms with Gasteiger partial charge < -0.3 is 19.5 Å². The van der Waals surface area contributed by atoms with Crippen molar-refractivity contribution in [2.24, 2.45) is 5.92 Å². The molecule has 4 aliphatic heterocycles. The predicted molar refractivity (Wildman–Crippen MR) is 171 cm³/mol. The van der Waals surface area contributed by atoms with E-state index in [1.807, 2.05) is 23.1 Å². The Hall–Kier alpha value is -2.86. The van der Waals surface area contributed by atoms with Crippen molar-refractivity contribution < 1.29 is 32.2 Å². The van der Waals surface area contributed by atoms with Crippen molar-refractivity contribution in [2.75, 3.05) is 37.7 Å². The lowest BCUT2D eigenvalue weighted by atomic mass is 9.76. The minimum Gasteiger partial charge on any atom is -0.493 e. The van der Waals surface area contributed by atoms with Crippen LogP contribution in [0.15, 0.2) is 48.3 Å². The molecule has 4 heterocycles. The van der Waals surface area contributed by atoms with Gasteiger partial charge in [-0.15, -0.1) is 0 Å². The first-order valence-corrected chi connectivity index (χ1v) is 17.6. The van der Waals surface area contributed by atoms with E-state index in [1.165, 1.54) is 13.0 Å². The SMILES string of the molecule is C[C@H](O)[C@@H]1/C(F)=C/C[C@H](C)[C@@H](C)S(=O)(=O)NC(=O)c2ccc3c(c2)N(C[C@@H]2CCCN21)C[C@@]1(CCOc2cc(Cl)ccc21)CO3. The maximum Gasteiger partial charge on any atom is 0.264 e. The summed E-state index contributed by atoms with van der Waals surface area (Å²) in [7, 11) is -4.08. The Morgan fingerprint density at radius 3 is 2.73 bits per heavy atom. The number of carbonyl (C=O) groups is 1. The van der Waals surface area contributed by atoms with E-state index in [0.717, 1.165) is 18.4 Å². The number of ether oxygens (including phenoxy) is 2. The molecule has 1 saturated heterocycles. The summed E-state index contributed by atoms with van der Waals surface area (Å²) in [5.74, 6) is -0.415. The Morgan fingerprint density at radius 2 is 1.96 bits per heavy atom. The molecule has 1 fully saturated rings. The molecule has 12 heteroatoms. The fourth-order valence-electron chi connectivity index (χ4n) is 7.30. The number of hydrogen-bond donors (Lipinski definition) is 2. The lowest BCUT2D eigenvalue weighted by Gasteiger charge is -2.42. The Bertz CT molecular complexity index is 1600. The highest BCUT2D eigenvalue weighted by atomic mass is 35.5. The molecular formula is C33H41ClFN3O6S. The van der Waals surface area contributed by atoms with E-state index in [2.05, 4.69) is 9.62 Å². The van der Waals surface area contributed by atoms with Gasteiger partial charge in [0.05, 0.1) is 41.7 Å². The standard InChI is InChI=1S/C33H41ClFN3O6S/c1-20-6-10-27(35)31(21(2)39)38-13-4-5-25(38)17-37-18-33(12-14-43-30-16-24(34)8-9-26(30)33)19-44-29-11-7-23(15-28(29)37)32(40)36-45(41,42)22(20)3/h7-11,15-16,20-22,25,31,39H,4-6,12-14,17-19H2,1-3H3,(H,36,40)/b27-10-/t20-,21-,22+,25-,31+,33-/m0/s1. The molecular weight excluding hydrogens is 621 g/mol. The van der Waals surface area contributed by atoms with E-state index in [0.29, 0.717) is 61.5 Å². The van der Waals surface area contributed by atoms with E-state index in [9.17, 15) is 18.3 Å². The van der Waals surface area contributed by atoms with Crippen LogP contribution in [0.4, 0.5) is 10.1 Å². The summed E-state index contributed by atoms with van der Waals surface area (Å²) in [6.45, 7) is 7.26. The molecule has 0 saturated carbocycles. The third kappa shape index (κ3) is 6.16. The lowest BCUT2D eigenvalue weighted by molar-refractivity contribution is 0.0610. The summed E-state index contributed by atoms with van der Waals surface area (Å²) < 4.78 is 57.2. The topological polar surface area (TPSA) is 108 Å². The Morgan fingerprint density at radius 1 is 1.16 bits per heavy atom. The molecule has 0 unspecified atom stereocenters. The number of halogens is 2. The monoisotopic (exact) mass is 661 g/mol. The number of benzene rings is 2. The molecule has 2 aromatic carbocycles. The maximum atomic E-state index is 16.0. The van der Waals surface area contributed by atoms with E-state index < -0.39 is 50.5 Å². The number of rotatable bonds is 1. The number of fused-ring (bicyclic) bond motifs is 4. The van der Waals surface area contributed by atoms with Crippen LogP contribution < -0.4 is 19.1 Å². The second-order valence-corrected chi connectivity index (χ2v) is 15.5. The van der Waals surface area contributed by atoms with Crippen LogP contribution in [-0.4, -0.2) is 80.6 Å². The molecule has 2 aromatic rings. The van der Waals surface area contributed by atoms with Crippen LogP contribution in [0, 0.1) is 5.92 Å². The molecule has 6 atom stereocenters. The molecule has 9 nitrogen and oxygen atoms in total. The zero-order valence-corrected chi connectivity index (χ0v) is 27.4. The molecule has 0 aliphatic carbocycles. The number of anilines is 1. The molecule has 2 N–H and O–H groups in total. The van der Waals surface area contributed by atoms with Crippen LogP contribution in [0.25, 0.3) is 0 Å². The van der Waals surface area contributed by atoms with Crippen molar-refractivity contribution in [3.05, 3.63) is 64.5 Å². The average molecular weight is 662 g/mol. The minimum atomic E-state index is -4.08. The number of allylic oxidation sites excluding steroid dienone is 1. The van der Waals surface area contributed by atoms with Gasteiger partial charge >= 0.3 is 0 Å². The summed E-state index contributed by atoms with van der Waals surface area (Å²) in [5.41, 5.74) is 1.35. The van der Waals surface area contributed by atoms with Crippen molar-refractivity contribution in [2.45, 2.75) is 75.3 Å². The lowest BCUT2D eigenvalue weighted by Crippen LogP contribution is -2.52. The number of carbonyl (C=O) groups excluding carboxylic acids is 1. The molecule has 0 radical (unpaired) electrons. The summed E-state index contributed by atoms with van der Waals surface area (Å²) >= 11 is 6.32. The first-order chi connectivity index (χ1) is 21.4. The third-order valence-corrected chi connectivity index (χ3v) is 12.2. The van der Waals surface area contributed by atoms with Crippen LogP contribution in [0.2, 0.25) is 5.02 Å². The molecule has 6 rings (SSSR count). The Kier molecular flexibility index (Phi) is 8.84. The van der Waals surface area contributed by atoms with Gasteiger partial charge in [-0.05, 0) is 82.3 Å². The Labute approximate surface area is 269 Å². The zero-order chi connectivity index (χ0) is 32.1. The summed E-state index contributed by atoms with van der Waals surface area (Å²) in [4.78, 5) is 17.6. The van der Waals surface area contributed by atoms with E-state index in [4.69, 9.17) is 21.1 Å². The quantitative estimate of drug-likeness (QED) is 0.448. The average Bonchev–Trinajstić information content (AvgIpc) is 3.38. The van der Waals surface area contributed by atoms with Crippen LogP contribution in [0.1, 0.15) is 62.4 Å². The first-order valence-electron chi connectivity index (χ1n) is 15.7. The van der Waals surface area contributed by atoms with Crippen molar-refractivity contribution in [1.82, 2.24) is 9.62 Å². The predicted octanol–water partition coefficient (Wildman–Crippen LogP) is 4.81. The largest absolute Gasteiger partial charge is 0.493 e. The highest BCUT2D eigenvalue weighted by Gasteiger charge is 2.45. The van der Waals surface area contributed by atoms with Gasteiger partial charge in [0.2, 0.25) is 10.0 Å². The number of nitrogens with zero attached hydrogens (tertiary/aromatic N) is 2. The van der Waals surface area contributed by atoms with Gasteiger partial charge in [0, 0.05) is 35.3 Å². The highest BCUT2D eigenvalue weighted by molar-refractivity contribution is 7.90. The van der Waals surface area contributed by atoms with Crippen molar-refractivity contribution in [3.8, 4) is 11.5 Å². The van der Waals surface area contributed by atoms with E-state index >= 15 is 4.39 Å². The first kappa shape index (κ1) is 32.1. The highest BCUT2D eigenvalue weighted by Crippen LogP contribution is 2.46. The van der Waals surface area contributed by atoms with Gasteiger partial charge in [-0.25, -0.2) is 17.5 Å². The van der Waals surface area contributed by atoms with Crippen molar-refractivity contribution in [3.63, 3.8) is 0 Å². The van der Waals surface area contributed by atoms with Gasteiger partial charge in [0.15, 0.2) is 0 Å². The number of aliphatic hydroxyl groups is 1. The van der Waals surface area contributed by atoms with E-state index in [-0.39, 0.29) is 18.0 Å². The summed E-state index contributed by atoms with van der Waals surface area (Å²) in [6, 6.07) is 9.66. The molecule has 4 aliphatic rings. The molecule has 2 bridgehead atoms. The van der Waals surface area contributed by atoms with Crippen LogP contribution >= 0.6 is 11.6 Å². The normalized spacial score (nSPS) is 32.2. The number of hydrogen-bond acceptors (Lipinski definition) is 8. The second-order valence-electron chi connectivity index (χ2n) is 13.1. The number of aliphatic hydroxyl groups excluding tert-OH is 1. The van der Waals surface area contributed by atoms with Gasteiger partial charge in [-0.3, -0.25) is 9.69 Å². The van der Waals surface area contributed by atoms with Crippen LogP contribution in [0.5, 0.6) is 11.5 Å². The van der Waals surface area contributed by atoms with Gasteiger partial charge in [-0.1, -0.05) is 30.7 Å². The van der Waals surface area contributed by atoms with Gasteiger partial charge in [-0.2, -0.15) is 0 Å². The minimum absolute atomic E-state index is 0.0987. The maximum absolute atomic E-state index is 16.0. The Balaban J connectivity index is 1.47. The molecule has 244 valence electrons. The molecule has 45 heavy (non-hydrogen) atoms. The van der Waals surface area contributed by atoms with Gasteiger partial charge in [0.1, 0.15) is 17.3 Å². The van der Waals surface area contributed by atoms with E-state index in [1.54, 1.807) is 32.0 Å². The second kappa shape index (κ2) is 12.4. The zero-order valence-electron chi connectivity index (χ0n) is 25.8. The smallest absolute Gasteiger partial charge is 0.264 e. The van der Waals surface area contributed by atoms with Crippen LogP contribution in [0.3, 0.4) is 0 Å². The number of nitrogens with one attached hydrogen (secondary N) is 1. The van der Waals surface area contributed by atoms with Crippen molar-refractivity contribution in [1.29, 1.82) is 0 Å².